The number of benzene rings is 5. The molecule has 0 saturated carbocycles. The van der Waals surface area contributed by atoms with Crippen LogP contribution in [0.2, 0.25) is 0 Å². The Balaban J connectivity index is 1.66. The molecule has 0 unspecified atom stereocenters. The van der Waals surface area contributed by atoms with Gasteiger partial charge in [0.1, 0.15) is 0 Å². The third-order valence-electron chi connectivity index (χ3n) is 6.04. The van der Waals surface area contributed by atoms with Gasteiger partial charge in [0.2, 0.25) is 0 Å². The van der Waals surface area contributed by atoms with Gasteiger partial charge >= 0.3 is 0 Å². The van der Waals surface area contributed by atoms with Crippen LogP contribution in [0, 0.1) is 0 Å². The molecule has 0 saturated heterocycles. The molecule has 0 aliphatic heterocycles. The minimum Gasteiger partial charge on any atom is -0.309 e. The van der Waals surface area contributed by atoms with Crippen molar-refractivity contribution in [3.05, 3.63) is 126 Å². The Hall–Kier alpha value is -3.62. The predicted octanol–water partition coefficient (Wildman–Crippen LogP) is 8.88. The average Bonchev–Trinajstić information content (AvgIpc) is 3.18. The molecule has 1 heterocycles. The third kappa shape index (κ3) is 3.24. The Kier molecular flexibility index (Phi) is 4.66. The lowest BCUT2D eigenvalue weighted by Gasteiger charge is -2.08. The molecule has 5 aromatic carbocycles. The molecular formula is C30H20BrN. The summed E-state index contributed by atoms with van der Waals surface area (Å²) in [6.07, 6.45) is 0. The Morgan fingerprint density at radius 2 is 0.969 bits per heavy atom. The highest BCUT2D eigenvalue weighted by atomic mass is 79.9. The lowest BCUT2D eigenvalue weighted by atomic mass is 10.0. The van der Waals surface area contributed by atoms with Gasteiger partial charge in [0.25, 0.3) is 0 Å². The summed E-state index contributed by atoms with van der Waals surface area (Å²) >= 11 is 3.61. The summed E-state index contributed by atoms with van der Waals surface area (Å²) in [5.41, 5.74) is 8.51. The van der Waals surface area contributed by atoms with E-state index in [1.165, 1.54) is 49.7 Å². The molecule has 0 aliphatic rings. The second-order valence-corrected chi connectivity index (χ2v) is 8.93. The number of para-hydroxylation sites is 1. The van der Waals surface area contributed by atoms with E-state index in [1.54, 1.807) is 0 Å². The molecule has 0 N–H and O–H groups in total. The topological polar surface area (TPSA) is 4.93 Å². The second-order valence-electron chi connectivity index (χ2n) is 8.01. The maximum atomic E-state index is 3.61. The third-order valence-corrected chi connectivity index (χ3v) is 6.54. The quantitative estimate of drug-likeness (QED) is 0.241. The summed E-state index contributed by atoms with van der Waals surface area (Å²) < 4.78 is 3.46. The zero-order valence-electron chi connectivity index (χ0n) is 17.4. The minimum atomic E-state index is 1.09. The highest BCUT2D eigenvalue weighted by Crippen LogP contribution is 2.37. The van der Waals surface area contributed by atoms with Gasteiger partial charge in [0, 0.05) is 20.9 Å². The van der Waals surface area contributed by atoms with Crippen LogP contribution in [0.3, 0.4) is 0 Å². The van der Waals surface area contributed by atoms with Crippen molar-refractivity contribution in [3.63, 3.8) is 0 Å². The van der Waals surface area contributed by atoms with Crippen LogP contribution in [-0.2, 0) is 0 Å². The highest BCUT2D eigenvalue weighted by Gasteiger charge is 2.14. The zero-order chi connectivity index (χ0) is 21.5. The number of fused-ring (bicyclic) bond motifs is 3. The van der Waals surface area contributed by atoms with Crippen LogP contribution in [-0.4, -0.2) is 4.57 Å². The van der Waals surface area contributed by atoms with E-state index in [1.807, 2.05) is 0 Å². The summed E-state index contributed by atoms with van der Waals surface area (Å²) in [5.74, 6) is 0. The van der Waals surface area contributed by atoms with Gasteiger partial charge in [-0.3, -0.25) is 0 Å². The van der Waals surface area contributed by atoms with Crippen molar-refractivity contribution in [1.82, 2.24) is 4.57 Å². The molecule has 6 rings (SSSR count). The minimum absolute atomic E-state index is 1.09. The van der Waals surface area contributed by atoms with Gasteiger partial charge in [-0.2, -0.15) is 0 Å². The van der Waals surface area contributed by atoms with Crippen molar-refractivity contribution in [2.75, 3.05) is 0 Å². The van der Waals surface area contributed by atoms with Gasteiger partial charge in [0.15, 0.2) is 0 Å². The molecule has 6 aromatic rings. The van der Waals surface area contributed by atoms with E-state index in [9.17, 15) is 0 Å². The number of halogens is 1. The van der Waals surface area contributed by atoms with E-state index in [0.717, 1.165) is 4.47 Å². The molecule has 0 atom stereocenters. The fourth-order valence-corrected chi connectivity index (χ4v) is 4.94. The maximum Gasteiger partial charge on any atom is 0.0541 e. The van der Waals surface area contributed by atoms with Crippen LogP contribution >= 0.6 is 15.9 Å². The first-order valence-electron chi connectivity index (χ1n) is 10.7. The van der Waals surface area contributed by atoms with E-state index < -0.39 is 0 Å². The van der Waals surface area contributed by atoms with E-state index in [2.05, 4.69) is 142 Å². The van der Waals surface area contributed by atoms with Crippen molar-refractivity contribution >= 4 is 37.7 Å². The molecule has 1 aromatic heterocycles. The van der Waals surface area contributed by atoms with Crippen molar-refractivity contribution in [2.24, 2.45) is 0 Å². The molecule has 0 radical (unpaired) electrons. The van der Waals surface area contributed by atoms with Crippen LogP contribution < -0.4 is 0 Å². The summed E-state index contributed by atoms with van der Waals surface area (Å²) in [6.45, 7) is 0. The SMILES string of the molecule is Brc1cccc(-c2ccc3c(c2)c2cc(-c4ccccc4)ccc2n3-c2ccccc2)c1. The van der Waals surface area contributed by atoms with Gasteiger partial charge in [-0.05, 0) is 70.8 Å². The van der Waals surface area contributed by atoms with Crippen LogP contribution in [0.1, 0.15) is 0 Å². The average molecular weight is 474 g/mol. The molecule has 1 nitrogen and oxygen atoms in total. The maximum absolute atomic E-state index is 3.61. The number of hydrogen-bond acceptors (Lipinski definition) is 0. The molecule has 0 fully saturated rings. The van der Waals surface area contributed by atoms with Crippen LogP contribution in [0.5, 0.6) is 0 Å². The van der Waals surface area contributed by atoms with E-state index in [0.29, 0.717) is 0 Å². The van der Waals surface area contributed by atoms with Crippen LogP contribution in [0.25, 0.3) is 49.7 Å². The second kappa shape index (κ2) is 7.81. The first-order chi connectivity index (χ1) is 15.8. The number of aromatic nitrogens is 1. The first kappa shape index (κ1) is 19.1. The van der Waals surface area contributed by atoms with E-state index in [-0.39, 0.29) is 0 Å². The summed E-state index contributed by atoms with van der Waals surface area (Å²) in [4.78, 5) is 0. The lowest BCUT2D eigenvalue weighted by Crippen LogP contribution is -1.93. The molecule has 2 heteroatoms. The van der Waals surface area contributed by atoms with Gasteiger partial charge in [-0.25, -0.2) is 0 Å². The van der Waals surface area contributed by atoms with Gasteiger partial charge < -0.3 is 4.57 Å². The summed E-state index contributed by atoms with van der Waals surface area (Å²) in [6, 6.07) is 43.3. The highest BCUT2D eigenvalue weighted by molar-refractivity contribution is 9.10. The number of nitrogens with zero attached hydrogens (tertiary/aromatic N) is 1. The van der Waals surface area contributed by atoms with Crippen molar-refractivity contribution < 1.29 is 0 Å². The van der Waals surface area contributed by atoms with Gasteiger partial charge in [0.05, 0.1) is 11.0 Å². The molecule has 32 heavy (non-hydrogen) atoms. The fraction of sp³-hybridized carbons (Fsp3) is 0. The molecule has 0 amide bonds. The molecule has 0 aliphatic carbocycles. The number of hydrogen-bond donors (Lipinski definition) is 0. The standard InChI is InChI=1S/C30H20BrN/c31-25-11-7-10-22(18-25)24-15-17-30-28(20-24)27-19-23(21-8-3-1-4-9-21)14-16-29(27)32(30)26-12-5-2-6-13-26/h1-20H. The molecular weight excluding hydrogens is 454 g/mol. The Bertz CT molecular complexity index is 1560. The largest absolute Gasteiger partial charge is 0.309 e. The van der Waals surface area contributed by atoms with Crippen molar-refractivity contribution in [1.29, 1.82) is 0 Å². The Labute approximate surface area is 195 Å². The van der Waals surface area contributed by atoms with Crippen LogP contribution in [0.15, 0.2) is 126 Å². The van der Waals surface area contributed by atoms with Crippen molar-refractivity contribution in [2.45, 2.75) is 0 Å². The summed E-state index contributed by atoms with van der Waals surface area (Å²) in [7, 11) is 0. The Morgan fingerprint density at radius 1 is 0.438 bits per heavy atom. The lowest BCUT2D eigenvalue weighted by molar-refractivity contribution is 1.18. The molecule has 0 spiro atoms. The van der Waals surface area contributed by atoms with Gasteiger partial charge in [-0.1, -0.05) is 88.7 Å². The number of rotatable bonds is 3. The van der Waals surface area contributed by atoms with E-state index >= 15 is 0 Å². The predicted molar refractivity (Wildman–Crippen MR) is 139 cm³/mol. The molecule has 152 valence electrons. The summed E-state index contributed by atoms with van der Waals surface area (Å²) in [5, 5.41) is 2.53. The Morgan fingerprint density at radius 3 is 1.59 bits per heavy atom. The van der Waals surface area contributed by atoms with Crippen molar-refractivity contribution in [3.8, 4) is 27.9 Å². The van der Waals surface area contributed by atoms with E-state index in [4.69, 9.17) is 0 Å². The zero-order valence-corrected chi connectivity index (χ0v) is 19.0. The first-order valence-corrected chi connectivity index (χ1v) is 11.5. The normalized spacial score (nSPS) is 11.3. The van der Waals surface area contributed by atoms with Gasteiger partial charge in [-0.15, -0.1) is 0 Å². The van der Waals surface area contributed by atoms with Crippen LogP contribution in [0.4, 0.5) is 0 Å². The monoisotopic (exact) mass is 473 g/mol. The molecule has 0 bridgehead atoms. The smallest absolute Gasteiger partial charge is 0.0541 e. The fourth-order valence-electron chi connectivity index (χ4n) is 4.54.